The number of hydrogen-bond acceptors (Lipinski definition) is 3. The van der Waals surface area contributed by atoms with Gasteiger partial charge < -0.3 is 16.2 Å². The molecule has 0 heterocycles. The minimum absolute atomic E-state index is 0.0269. The predicted octanol–water partition coefficient (Wildman–Crippen LogP) is 1.67. The number of hydrogen-bond donors (Lipinski definition) is 3. The molecule has 106 valence electrons. The van der Waals surface area contributed by atoms with Gasteiger partial charge in [0.15, 0.2) is 17.4 Å². The van der Waals surface area contributed by atoms with Gasteiger partial charge in [0.05, 0.1) is 5.56 Å². The number of aromatic hydroxyl groups is 1. The second kappa shape index (κ2) is 6.42. The van der Waals surface area contributed by atoms with Gasteiger partial charge in [-0.15, -0.1) is 0 Å². The maximum absolute atomic E-state index is 13.4. The van der Waals surface area contributed by atoms with Crippen LogP contribution in [0.5, 0.6) is 5.75 Å². The molecule has 0 aliphatic rings. The molecule has 0 saturated heterocycles. The highest BCUT2D eigenvalue weighted by Crippen LogP contribution is 2.25. The summed E-state index contributed by atoms with van der Waals surface area (Å²) in [4.78, 5) is 11.5. The Morgan fingerprint density at radius 2 is 2.05 bits per heavy atom. The number of phenols is 1. The van der Waals surface area contributed by atoms with Crippen molar-refractivity contribution >= 4 is 5.91 Å². The lowest BCUT2D eigenvalue weighted by molar-refractivity contribution is 0.0947. The SMILES string of the molecule is CC(N)CCCNC(=O)c1cc(F)c(F)c(O)c1F. The summed E-state index contributed by atoms with van der Waals surface area (Å²) >= 11 is 0. The second-order valence-electron chi connectivity index (χ2n) is 4.26. The number of rotatable bonds is 5. The van der Waals surface area contributed by atoms with E-state index in [0.29, 0.717) is 18.9 Å². The van der Waals surface area contributed by atoms with Gasteiger partial charge in [-0.2, -0.15) is 4.39 Å². The number of nitrogens with two attached hydrogens (primary N) is 1. The van der Waals surface area contributed by atoms with Crippen LogP contribution < -0.4 is 11.1 Å². The first kappa shape index (κ1) is 15.3. The molecular formula is C12H15F3N2O2. The minimum atomic E-state index is -1.72. The summed E-state index contributed by atoms with van der Waals surface area (Å²) in [5.41, 5.74) is 4.77. The fourth-order valence-electron chi connectivity index (χ4n) is 1.48. The number of nitrogens with one attached hydrogen (secondary N) is 1. The van der Waals surface area contributed by atoms with Gasteiger partial charge in [-0.1, -0.05) is 0 Å². The summed E-state index contributed by atoms with van der Waals surface area (Å²) in [6.07, 6.45) is 1.23. The molecule has 0 spiro atoms. The molecule has 0 saturated carbocycles. The zero-order valence-electron chi connectivity index (χ0n) is 10.3. The fourth-order valence-corrected chi connectivity index (χ4v) is 1.48. The molecule has 0 aliphatic heterocycles. The summed E-state index contributed by atoms with van der Waals surface area (Å²) < 4.78 is 39.2. The van der Waals surface area contributed by atoms with Crippen molar-refractivity contribution < 1.29 is 23.1 Å². The van der Waals surface area contributed by atoms with Gasteiger partial charge in [0.2, 0.25) is 5.82 Å². The van der Waals surface area contributed by atoms with E-state index in [1.807, 2.05) is 0 Å². The molecule has 1 rings (SSSR count). The van der Waals surface area contributed by atoms with Crippen molar-refractivity contribution in [2.75, 3.05) is 6.54 Å². The summed E-state index contributed by atoms with van der Waals surface area (Å²) in [5, 5.41) is 11.3. The summed E-state index contributed by atoms with van der Waals surface area (Å²) in [7, 11) is 0. The van der Waals surface area contributed by atoms with Gasteiger partial charge in [0.25, 0.3) is 5.91 Å². The maximum atomic E-state index is 13.4. The van der Waals surface area contributed by atoms with Crippen molar-refractivity contribution in [3.8, 4) is 5.75 Å². The summed E-state index contributed by atoms with van der Waals surface area (Å²) in [6.45, 7) is 2.02. The van der Waals surface area contributed by atoms with E-state index >= 15 is 0 Å². The van der Waals surface area contributed by atoms with Crippen molar-refractivity contribution in [2.24, 2.45) is 5.73 Å². The third-order valence-corrected chi connectivity index (χ3v) is 2.50. The van der Waals surface area contributed by atoms with Gasteiger partial charge in [-0.3, -0.25) is 4.79 Å². The van der Waals surface area contributed by atoms with Crippen LogP contribution in [-0.4, -0.2) is 23.6 Å². The average Bonchev–Trinajstić information content (AvgIpc) is 2.36. The molecule has 1 unspecified atom stereocenters. The maximum Gasteiger partial charge on any atom is 0.254 e. The van der Waals surface area contributed by atoms with Crippen LogP contribution in [0.4, 0.5) is 13.2 Å². The minimum Gasteiger partial charge on any atom is -0.503 e. The highest BCUT2D eigenvalue weighted by molar-refractivity contribution is 5.94. The molecule has 1 atom stereocenters. The standard InChI is InChI=1S/C12H15F3N2O2/c1-6(16)3-2-4-17-12(19)7-5-8(13)10(15)11(18)9(7)14/h5-6,18H,2-4,16H2,1H3,(H,17,19). The highest BCUT2D eigenvalue weighted by Gasteiger charge is 2.22. The Balaban J connectivity index is 2.73. The number of benzene rings is 1. The Labute approximate surface area is 108 Å². The predicted molar refractivity (Wildman–Crippen MR) is 63.2 cm³/mol. The normalized spacial score (nSPS) is 12.3. The topological polar surface area (TPSA) is 75.3 Å². The molecule has 0 radical (unpaired) electrons. The van der Waals surface area contributed by atoms with Crippen LogP contribution in [0.25, 0.3) is 0 Å². The zero-order chi connectivity index (χ0) is 14.6. The molecular weight excluding hydrogens is 261 g/mol. The smallest absolute Gasteiger partial charge is 0.254 e. The Morgan fingerprint density at radius 3 is 2.63 bits per heavy atom. The summed E-state index contributed by atoms with van der Waals surface area (Å²) in [5.74, 6) is -7.11. The van der Waals surface area contributed by atoms with Crippen LogP contribution >= 0.6 is 0 Å². The number of amides is 1. The fraction of sp³-hybridized carbons (Fsp3) is 0.417. The Bertz CT molecular complexity index is 479. The van der Waals surface area contributed by atoms with Gasteiger partial charge in [0.1, 0.15) is 0 Å². The Kier molecular flexibility index (Phi) is 5.17. The Hall–Kier alpha value is -1.76. The monoisotopic (exact) mass is 276 g/mol. The molecule has 1 aromatic rings. The molecule has 1 amide bonds. The number of carbonyl (C=O) groups excluding carboxylic acids is 1. The van der Waals surface area contributed by atoms with E-state index in [1.54, 1.807) is 6.92 Å². The van der Waals surface area contributed by atoms with E-state index in [4.69, 9.17) is 10.8 Å². The van der Waals surface area contributed by atoms with Gasteiger partial charge in [0, 0.05) is 12.6 Å². The molecule has 4 nitrogen and oxygen atoms in total. The molecule has 7 heteroatoms. The number of phenolic OH excluding ortho intramolecular Hbond substituents is 1. The summed E-state index contributed by atoms with van der Waals surface area (Å²) in [6, 6.07) is 0.381. The average molecular weight is 276 g/mol. The van der Waals surface area contributed by atoms with Crippen LogP contribution in [0.2, 0.25) is 0 Å². The molecule has 1 aromatic carbocycles. The van der Waals surface area contributed by atoms with Crippen LogP contribution in [0.15, 0.2) is 6.07 Å². The first-order valence-electron chi connectivity index (χ1n) is 5.74. The molecule has 19 heavy (non-hydrogen) atoms. The van der Waals surface area contributed by atoms with Crippen molar-refractivity contribution in [3.63, 3.8) is 0 Å². The van der Waals surface area contributed by atoms with Crippen molar-refractivity contribution in [1.82, 2.24) is 5.32 Å². The highest BCUT2D eigenvalue weighted by atomic mass is 19.2. The third-order valence-electron chi connectivity index (χ3n) is 2.50. The molecule has 0 aromatic heterocycles. The first-order chi connectivity index (χ1) is 8.84. The van der Waals surface area contributed by atoms with Crippen LogP contribution in [0.3, 0.4) is 0 Å². The molecule has 4 N–H and O–H groups in total. The second-order valence-corrected chi connectivity index (χ2v) is 4.26. The molecule has 0 bridgehead atoms. The molecule has 0 fully saturated rings. The van der Waals surface area contributed by atoms with E-state index in [2.05, 4.69) is 5.32 Å². The van der Waals surface area contributed by atoms with E-state index < -0.39 is 34.7 Å². The Morgan fingerprint density at radius 1 is 1.42 bits per heavy atom. The van der Waals surface area contributed by atoms with Crippen LogP contribution in [0, 0.1) is 17.5 Å². The lowest BCUT2D eigenvalue weighted by Gasteiger charge is -2.09. The lowest BCUT2D eigenvalue weighted by atomic mass is 10.1. The zero-order valence-corrected chi connectivity index (χ0v) is 10.3. The quantitative estimate of drug-likeness (QED) is 0.565. The van der Waals surface area contributed by atoms with Crippen LogP contribution in [0.1, 0.15) is 30.1 Å². The third kappa shape index (κ3) is 3.85. The van der Waals surface area contributed by atoms with Gasteiger partial charge in [-0.25, -0.2) is 8.78 Å². The van der Waals surface area contributed by atoms with E-state index in [1.165, 1.54) is 0 Å². The van der Waals surface area contributed by atoms with Gasteiger partial charge in [-0.05, 0) is 25.8 Å². The van der Waals surface area contributed by atoms with Crippen LogP contribution in [-0.2, 0) is 0 Å². The number of halogens is 3. The first-order valence-corrected chi connectivity index (χ1v) is 5.74. The van der Waals surface area contributed by atoms with Crippen molar-refractivity contribution in [2.45, 2.75) is 25.8 Å². The number of carbonyl (C=O) groups is 1. The lowest BCUT2D eigenvalue weighted by Crippen LogP contribution is -2.27. The van der Waals surface area contributed by atoms with Crippen molar-refractivity contribution in [1.29, 1.82) is 0 Å². The van der Waals surface area contributed by atoms with E-state index in [9.17, 15) is 18.0 Å². The van der Waals surface area contributed by atoms with E-state index in [-0.39, 0.29) is 12.6 Å². The van der Waals surface area contributed by atoms with Gasteiger partial charge >= 0.3 is 0 Å². The molecule has 0 aliphatic carbocycles. The van der Waals surface area contributed by atoms with E-state index in [0.717, 1.165) is 0 Å². The largest absolute Gasteiger partial charge is 0.503 e. The van der Waals surface area contributed by atoms with Crippen molar-refractivity contribution in [3.05, 3.63) is 29.1 Å².